The Morgan fingerprint density at radius 2 is 2.00 bits per heavy atom. The van der Waals surface area contributed by atoms with E-state index in [2.05, 4.69) is 16.0 Å². The van der Waals surface area contributed by atoms with Gasteiger partial charge in [-0.1, -0.05) is 29.8 Å². The maximum absolute atomic E-state index is 13.0. The van der Waals surface area contributed by atoms with Crippen LogP contribution in [0.25, 0.3) is 0 Å². The average Bonchev–Trinajstić information content (AvgIpc) is 2.61. The molecule has 0 bridgehead atoms. The molecule has 134 valence electrons. The number of methoxy groups -OCH3 is 1. The molecule has 26 heavy (non-hydrogen) atoms. The summed E-state index contributed by atoms with van der Waals surface area (Å²) >= 11 is 11.3. The number of carbonyl (C=O) groups excluding carboxylic acids is 1. The van der Waals surface area contributed by atoms with Crippen molar-refractivity contribution in [3.05, 3.63) is 70.4 Å². The molecular weight excluding hydrogens is 370 g/mol. The van der Waals surface area contributed by atoms with Gasteiger partial charge in [0.25, 0.3) is 5.91 Å². The Morgan fingerprint density at radius 1 is 1.23 bits per heavy atom. The van der Waals surface area contributed by atoms with Crippen LogP contribution in [0.1, 0.15) is 18.5 Å². The highest BCUT2D eigenvalue weighted by Crippen LogP contribution is 2.30. The predicted molar refractivity (Wildman–Crippen MR) is 107 cm³/mol. The Kier molecular flexibility index (Phi) is 5.44. The van der Waals surface area contributed by atoms with Gasteiger partial charge in [-0.15, -0.1) is 0 Å². The average molecular weight is 388 g/mol. The summed E-state index contributed by atoms with van der Waals surface area (Å²) in [5, 5.41) is 10.1. The number of halogens is 1. The van der Waals surface area contributed by atoms with Gasteiger partial charge in [-0.2, -0.15) is 0 Å². The Bertz CT molecular complexity index is 898. The van der Waals surface area contributed by atoms with Crippen LogP contribution in [0.2, 0.25) is 5.02 Å². The minimum atomic E-state index is -0.391. The van der Waals surface area contributed by atoms with E-state index in [0.717, 1.165) is 5.56 Å². The molecule has 0 saturated heterocycles. The summed E-state index contributed by atoms with van der Waals surface area (Å²) in [6, 6.07) is 14.2. The van der Waals surface area contributed by atoms with Crippen molar-refractivity contribution < 1.29 is 9.53 Å². The Hall–Kier alpha value is -2.57. The summed E-state index contributed by atoms with van der Waals surface area (Å²) in [7, 11) is 1.60. The molecule has 0 radical (unpaired) electrons. The quantitative estimate of drug-likeness (QED) is 0.697. The molecule has 1 heterocycles. The standard InChI is InChI=1S/C19H18ClN3O2S/c1-11-16(18(24)22-14-7-4-6-13(20)10-14)17(23-19(26)21-11)12-5-3-8-15(9-12)25-2/h3-10,17H,1-2H3,(H,22,24)(H2,21,23,26). The van der Waals surface area contributed by atoms with E-state index in [0.29, 0.717) is 32.8 Å². The fourth-order valence-corrected chi connectivity index (χ4v) is 3.29. The van der Waals surface area contributed by atoms with Crippen molar-refractivity contribution >= 4 is 40.5 Å². The summed E-state index contributed by atoms with van der Waals surface area (Å²) in [4.78, 5) is 13.0. The fourth-order valence-electron chi connectivity index (χ4n) is 2.83. The molecule has 0 aromatic heterocycles. The number of carbonyl (C=O) groups is 1. The molecule has 3 rings (SSSR count). The third kappa shape index (κ3) is 3.98. The second-order valence-corrected chi connectivity index (χ2v) is 6.66. The Balaban J connectivity index is 1.96. The molecule has 1 atom stereocenters. The van der Waals surface area contributed by atoms with E-state index in [9.17, 15) is 4.79 Å². The van der Waals surface area contributed by atoms with Crippen molar-refractivity contribution in [1.29, 1.82) is 0 Å². The Labute approximate surface area is 162 Å². The van der Waals surface area contributed by atoms with Crippen LogP contribution in [0, 0.1) is 0 Å². The van der Waals surface area contributed by atoms with Gasteiger partial charge in [0.05, 0.1) is 18.7 Å². The molecule has 1 aliphatic rings. The normalized spacial score (nSPS) is 16.6. The highest BCUT2D eigenvalue weighted by Gasteiger charge is 2.30. The van der Waals surface area contributed by atoms with Crippen molar-refractivity contribution in [3.8, 4) is 5.75 Å². The molecule has 0 aliphatic carbocycles. The highest BCUT2D eigenvalue weighted by molar-refractivity contribution is 7.80. The monoisotopic (exact) mass is 387 g/mol. The lowest BCUT2D eigenvalue weighted by atomic mass is 9.94. The number of allylic oxidation sites excluding steroid dienone is 1. The van der Waals surface area contributed by atoms with Gasteiger partial charge in [0, 0.05) is 16.4 Å². The first-order chi connectivity index (χ1) is 12.5. The van der Waals surface area contributed by atoms with Crippen LogP contribution in [0.4, 0.5) is 5.69 Å². The van der Waals surface area contributed by atoms with Crippen LogP contribution < -0.4 is 20.7 Å². The third-order valence-electron chi connectivity index (χ3n) is 4.02. The first-order valence-corrected chi connectivity index (χ1v) is 8.75. The minimum absolute atomic E-state index is 0.236. The van der Waals surface area contributed by atoms with Gasteiger partial charge < -0.3 is 20.7 Å². The third-order valence-corrected chi connectivity index (χ3v) is 4.48. The second kappa shape index (κ2) is 7.76. The zero-order valence-electron chi connectivity index (χ0n) is 14.3. The SMILES string of the molecule is COc1cccc(C2NC(=S)NC(C)=C2C(=O)Nc2cccc(Cl)c2)c1. The van der Waals surface area contributed by atoms with E-state index in [4.69, 9.17) is 28.6 Å². The summed E-state index contributed by atoms with van der Waals surface area (Å²) in [6.45, 7) is 1.83. The lowest BCUT2D eigenvalue weighted by molar-refractivity contribution is -0.113. The van der Waals surface area contributed by atoms with Crippen molar-refractivity contribution in [3.63, 3.8) is 0 Å². The number of amides is 1. The van der Waals surface area contributed by atoms with Crippen molar-refractivity contribution in [2.45, 2.75) is 13.0 Å². The lowest BCUT2D eigenvalue weighted by Crippen LogP contribution is -2.45. The topological polar surface area (TPSA) is 62.4 Å². The highest BCUT2D eigenvalue weighted by atomic mass is 35.5. The van der Waals surface area contributed by atoms with Gasteiger partial charge in [0.15, 0.2) is 5.11 Å². The van der Waals surface area contributed by atoms with Gasteiger partial charge >= 0.3 is 0 Å². The first-order valence-electron chi connectivity index (χ1n) is 7.97. The number of hydrogen-bond donors (Lipinski definition) is 3. The van der Waals surface area contributed by atoms with E-state index >= 15 is 0 Å². The summed E-state index contributed by atoms with van der Waals surface area (Å²) in [5.74, 6) is 0.473. The molecule has 5 nitrogen and oxygen atoms in total. The minimum Gasteiger partial charge on any atom is -0.497 e. The van der Waals surface area contributed by atoms with E-state index < -0.39 is 6.04 Å². The first kappa shape index (κ1) is 18.2. The summed E-state index contributed by atoms with van der Waals surface area (Å²) in [6.07, 6.45) is 0. The number of anilines is 1. The number of hydrogen-bond acceptors (Lipinski definition) is 3. The second-order valence-electron chi connectivity index (χ2n) is 5.81. The molecule has 0 saturated carbocycles. The van der Waals surface area contributed by atoms with Gasteiger partial charge in [-0.05, 0) is 55.0 Å². The molecule has 7 heteroatoms. The zero-order chi connectivity index (χ0) is 18.7. The van der Waals surface area contributed by atoms with E-state index in [-0.39, 0.29) is 5.91 Å². The molecule has 3 N–H and O–H groups in total. The number of benzene rings is 2. The van der Waals surface area contributed by atoms with Gasteiger partial charge in [-0.3, -0.25) is 4.79 Å². The van der Waals surface area contributed by atoms with Crippen LogP contribution >= 0.6 is 23.8 Å². The zero-order valence-corrected chi connectivity index (χ0v) is 15.9. The molecule has 1 amide bonds. The lowest BCUT2D eigenvalue weighted by Gasteiger charge is -2.30. The molecule has 0 fully saturated rings. The fraction of sp³-hybridized carbons (Fsp3) is 0.158. The molecule has 1 unspecified atom stereocenters. The Morgan fingerprint density at radius 3 is 2.73 bits per heavy atom. The van der Waals surface area contributed by atoms with Gasteiger partial charge in [0.2, 0.25) is 0 Å². The van der Waals surface area contributed by atoms with Crippen molar-refractivity contribution in [2.75, 3.05) is 12.4 Å². The number of nitrogens with one attached hydrogen (secondary N) is 3. The molecular formula is C19H18ClN3O2S. The summed E-state index contributed by atoms with van der Waals surface area (Å²) in [5.41, 5.74) is 2.75. The van der Waals surface area contributed by atoms with Crippen LogP contribution in [-0.4, -0.2) is 18.1 Å². The molecule has 0 spiro atoms. The molecule has 1 aliphatic heterocycles. The van der Waals surface area contributed by atoms with Crippen molar-refractivity contribution in [1.82, 2.24) is 10.6 Å². The van der Waals surface area contributed by atoms with E-state index in [1.165, 1.54) is 0 Å². The van der Waals surface area contributed by atoms with Gasteiger partial charge in [-0.25, -0.2) is 0 Å². The largest absolute Gasteiger partial charge is 0.497 e. The maximum atomic E-state index is 13.0. The van der Waals surface area contributed by atoms with Crippen molar-refractivity contribution in [2.24, 2.45) is 0 Å². The predicted octanol–water partition coefficient (Wildman–Crippen LogP) is 3.78. The van der Waals surface area contributed by atoms with Gasteiger partial charge in [0.1, 0.15) is 5.75 Å². The van der Waals surface area contributed by atoms with Crippen LogP contribution in [0.3, 0.4) is 0 Å². The van der Waals surface area contributed by atoms with Crippen LogP contribution in [0.15, 0.2) is 59.8 Å². The number of ether oxygens (including phenoxy) is 1. The van der Waals surface area contributed by atoms with Crippen LogP contribution in [-0.2, 0) is 4.79 Å². The maximum Gasteiger partial charge on any atom is 0.255 e. The smallest absolute Gasteiger partial charge is 0.255 e. The van der Waals surface area contributed by atoms with E-state index in [1.807, 2.05) is 31.2 Å². The molecule has 2 aromatic carbocycles. The van der Waals surface area contributed by atoms with Crippen LogP contribution in [0.5, 0.6) is 5.75 Å². The number of rotatable bonds is 4. The van der Waals surface area contributed by atoms with E-state index in [1.54, 1.807) is 31.4 Å². The summed E-state index contributed by atoms with van der Waals surface area (Å²) < 4.78 is 5.30. The molecule has 2 aromatic rings. The number of thiocarbonyl (C=S) groups is 1.